The predicted molar refractivity (Wildman–Crippen MR) is 136 cm³/mol. The average molecular weight is 480 g/mol. The van der Waals surface area contributed by atoms with Crippen LogP contribution >= 0.6 is 12.2 Å². The molecule has 2 aromatic heterocycles. The Hall–Kier alpha value is -3.26. The molecule has 3 aromatic rings. The molecule has 0 unspecified atom stereocenters. The maximum absolute atomic E-state index is 14.0. The molecule has 6 nitrogen and oxygen atoms in total. The monoisotopic (exact) mass is 479 g/mol. The molecule has 0 saturated carbocycles. The minimum absolute atomic E-state index is 0.123. The van der Waals surface area contributed by atoms with Crippen LogP contribution < -0.4 is 10.6 Å². The van der Waals surface area contributed by atoms with E-state index in [1.807, 2.05) is 18.2 Å². The molecule has 0 spiro atoms. The Morgan fingerprint density at radius 3 is 2.59 bits per heavy atom. The van der Waals surface area contributed by atoms with E-state index in [-0.39, 0.29) is 30.1 Å². The summed E-state index contributed by atoms with van der Waals surface area (Å²) in [4.78, 5) is 19.3. The van der Waals surface area contributed by atoms with Gasteiger partial charge in [-0.05, 0) is 75.8 Å². The summed E-state index contributed by atoms with van der Waals surface area (Å²) in [5, 5.41) is 6.67. The van der Waals surface area contributed by atoms with Gasteiger partial charge in [0, 0.05) is 36.6 Å². The fraction of sp³-hybridized carbons (Fsp3) is 0.346. The zero-order valence-electron chi connectivity index (χ0n) is 19.9. The third kappa shape index (κ3) is 4.68. The fourth-order valence-corrected chi connectivity index (χ4v) is 5.21. The molecule has 8 heteroatoms. The highest BCUT2D eigenvalue weighted by atomic mass is 32.1. The maximum Gasteiger partial charge on any atom is 0.226 e. The van der Waals surface area contributed by atoms with Gasteiger partial charge in [-0.3, -0.25) is 9.78 Å². The molecule has 2 N–H and O–H groups in total. The van der Waals surface area contributed by atoms with E-state index in [4.69, 9.17) is 12.2 Å². The van der Waals surface area contributed by atoms with Gasteiger partial charge in [-0.25, -0.2) is 4.39 Å². The van der Waals surface area contributed by atoms with Crippen LogP contribution in [0.4, 0.5) is 10.1 Å². The molecule has 4 rings (SSSR count). The molecule has 1 aliphatic heterocycles. The van der Waals surface area contributed by atoms with E-state index in [1.54, 1.807) is 24.4 Å². The number of thiocarbonyl (C=S) groups is 1. The SMILES string of the molecule is Cc1cc([C@@H]2[C@@H](c3ccccn3)NC(=S)N2CCC(=O)Nc2ccccc2F)c(C)n1C(C)C. The zero-order chi connectivity index (χ0) is 24.4. The third-order valence-electron chi connectivity index (χ3n) is 6.28. The molecule has 3 heterocycles. The second-order valence-corrected chi connectivity index (χ2v) is 9.27. The molecule has 1 aliphatic rings. The van der Waals surface area contributed by atoms with Crippen molar-refractivity contribution in [1.29, 1.82) is 0 Å². The van der Waals surface area contributed by atoms with Crippen molar-refractivity contribution < 1.29 is 9.18 Å². The minimum Gasteiger partial charge on any atom is -0.352 e. The minimum atomic E-state index is -0.455. The smallest absolute Gasteiger partial charge is 0.226 e. The first-order chi connectivity index (χ1) is 16.3. The second kappa shape index (κ2) is 9.93. The fourth-order valence-electron chi connectivity index (χ4n) is 4.88. The van der Waals surface area contributed by atoms with Crippen molar-refractivity contribution in [2.24, 2.45) is 0 Å². The Labute approximate surface area is 205 Å². The van der Waals surface area contributed by atoms with Gasteiger partial charge < -0.3 is 20.1 Å². The lowest BCUT2D eigenvalue weighted by molar-refractivity contribution is -0.116. The number of aryl methyl sites for hydroxylation is 1. The molecule has 1 saturated heterocycles. The molecule has 0 radical (unpaired) electrons. The summed E-state index contributed by atoms with van der Waals surface area (Å²) < 4.78 is 16.3. The van der Waals surface area contributed by atoms with Gasteiger partial charge in [-0.1, -0.05) is 18.2 Å². The number of nitrogens with zero attached hydrogens (tertiary/aromatic N) is 3. The van der Waals surface area contributed by atoms with Crippen LogP contribution in [-0.2, 0) is 4.79 Å². The number of amides is 1. The summed E-state index contributed by atoms with van der Waals surface area (Å²) >= 11 is 5.72. The van der Waals surface area contributed by atoms with Crippen LogP contribution in [0.15, 0.2) is 54.7 Å². The van der Waals surface area contributed by atoms with Gasteiger partial charge in [-0.15, -0.1) is 0 Å². The summed E-state index contributed by atoms with van der Waals surface area (Å²) in [7, 11) is 0. The van der Waals surface area contributed by atoms with E-state index in [0.29, 0.717) is 17.7 Å². The van der Waals surface area contributed by atoms with Crippen molar-refractivity contribution >= 4 is 28.9 Å². The van der Waals surface area contributed by atoms with E-state index in [0.717, 1.165) is 11.3 Å². The zero-order valence-corrected chi connectivity index (χ0v) is 20.7. The lowest BCUT2D eigenvalue weighted by Crippen LogP contribution is -2.33. The Kier molecular flexibility index (Phi) is 6.97. The summed E-state index contributed by atoms with van der Waals surface area (Å²) in [5.41, 5.74) is 4.58. The van der Waals surface area contributed by atoms with Crippen molar-refractivity contribution in [2.45, 2.75) is 52.2 Å². The van der Waals surface area contributed by atoms with Crippen LogP contribution in [-0.4, -0.2) is 32.0 Å². The Morgan fingerprint density at radius 1 is 1.21 bits per heavy atom. The number of benzene rings is 1. The van der Waals surface area contributed by atoms with E-state index < -0.39 is 5.82 Å². The lowest BCUT2D eigenvalue weighted by atomic mass is 9.96. The topological polar surface area (TPSA) is 62.2 Å². The summed E-state index contributed by atoms with van der Waals surface area (Å²) in [5.74, 6) is -0.719. The van der Waals surface area contributed by atoms with Gasteiger partial charge in [0.05, 0.1) is 23.5 Å². The quantitative estimate of drug-likeness (QED) is 0.455. The van der Waals surface area contributed by atoms with Crippen molar-refractivity contribution in [3.63, 3.8) is 0 Å². The molecule has 0 bridgehead atoms. The molecule has 2 atom stereocenters. The molecular weight excluding hydrogens is 449 g/mol. The van der Waals surface area contributed by atoms with Gasteiger partial charge >= 0.3 is 0 Å². The van der Waals surface area contributed by atoms with Crippen molar-refractivity contribution in [2.75, 3.05) is 11.9 Å². The number of pyridine rings is 1. The van der Waals surface area contributed by atoms with Gasteiger partial charge in [0.1, 0.15) is 5.82 Å². The number of aromatic nitrogens is 2. The first-order valence-corrected chi connectivity index (χ1v) is 11.9. The number of rotatable bonds is 7. The number of hydrogen-bond donors (Lipinski definition) is 2. The number of nitrogens with one attached hydrogen (secondary N) is 2. The lowest BCUT2D eigenvalue weighted by Gasteiger charge is -2.28. The second-order valence-electron chi connectivity index (χ2n) is 8.89. The van der Waals surface area contributed by atoms with E-state index in [1.165, 1.54) is 17.5 Å². The molecule has 178 valence electrons. The number of anilines is 1. The van der Waals surface area contributed by atoms with Gasteiger partial charge in [0.2, 0.25) is 5.91 Å². The Bertz CT molecular complexity index is 1190. The molecule has 1 aromatic carbocycles. The molecule has 34 heavy (non-hydrogen) atoms. The van der Waals surface area contributed by atoms with Crippen molar-refractivity contribution in [3.05, 3.63) is 83.2 Å². The first kappa shape index (κ1) is 23.9. The van der Waals surface area contributed by atoms with Crippen LogP contribution in [0.3, 0.4) is 0 Å². The average Bonchev–Trinajstić information content (AvgIpc) is 3.29. The highest BCUT2D eigenvalue weighted by molar-refractivity contribution is 7.80. The van der Waals surface area contributed by atoms with Gasteiger partial charge in [0.25, 0.3) is 0 Å². The predicted octanol–water partition coefficient (Wildman–Crippen LogP) is 5.22. The molecule has 0 aliphatic carbocycles. The number of hydrogen-bond acceptors (Lipinski definition) is 3. The number of para-hydroxylation sites is 1. The summed E-state index contributed by atoms with van der Waals surface area (Å²) in [6.45, 7) is 8.97. The normalized spacial score (nSPS) is 17.8. The molecule has 1 amide bonds. The maximum atomic E-state index is 14.0. The third-order valence-corrected chi connectivity index (χ3v) is 6.64. The molecule has 1 fully saturated rings. The van der Waals surface area contributed by atoms with Crippen LogP contribution in [0.5, 0.6) is 0 Å². The Morgan fingerprint density at radius 2 is 1.94 bits per heavy atom. The van der Waals surface area contributed by atoms with Gasteiger partial charge in [0.15, 0.2) is 5.11 Å². The number of carbonyl (C=O) groups is 1. The summed E-state index contributed by atoms with van der Waals surface area (Å²) in [6, 6.07) is 14.3. The molecular formula is C26H30FN5OS. The highest BCUT2D eigenvalue weighted by Crippen LogP contribution is 2.41. The van der Waals surface area contributed by atoms with Crippen LogP contribution in [0, 0.1) is 19.7 Å². The van der Waals surface area contributed by atoms with Crippen LogP contribution in [0.25, 0.3) is 0 Å². The van der Waals surface area contributed by atoms with E-state index >= 15 is 0 Å². The highest BCUT2D eigenvalue weighted by Gasteiger charge is 2.41. The largest absolute Gasteiger partial charge is 0.352 e. The standard InChI is InChI=1S/C26H30FN5OS/c1-16(2)32-17(3)15-19(18(32)4)25-24(22-11-7-8-13-28-22)30-26(34)31(25)14-12-23(33)29-21-10-6-5-9-20(21)27/h5-11,13,15-16,24-25H,12,14H2,1-4H3,(H,29,33)(H,30,34)/t24-,25-/m1/s1. The number of carbonyl (C=O) groups excluding carboxylic acids is 1. The van der Waals surface area contributed by atoms with E-state index in [2.05, 4.69) is 58.8 Å². The van der Waals surface area contributed by atoms with Crippen molar-refractivity contribution in [3.8, 4) is 0 Å². The first-order valence-electron chi connectivity index (χ1n) is 11.5. The summed E-state index contributed by atoms with van der Waals surface area (Å²) in [6.07, 6.45) is 1.95. The number of halogens is 1. The Balaban J connectivity index is 1.62. The van der Waals surface area contributed by atoms with Gasteiger partial charge in [-0.2, -0.15) is 0 Å². The van der Waals surface area contributed by atoms with Crippen LogP contribution in [0.1, 0.15) is 61.0 Å². The van der Waals surface area contributed by atoms with Crippen LogP contribution in [0.2, 0.25) is 0 Å². The van der Waals surface area contributed by atoms with Crippen molar-refractivity contribution in [1.82, 2.24) is 19.8 Å². The van der Waals surface area contributed by atoms with E-state index in [9.17, 15) is 9.18 Å².